The summed E-state index contributed by atoms with van der Waals surface area (Å²) >= 11 is 0. The molecule has 0 bridgehead atoms. The number of hydrogen-bond donors (Lipinski definition) is 0. The van der Waals surface area contributed by atoms with Crippen molar-refractivity contribution in [2.45, 2.75) is 52.4 Å². The van der Waals surface area contributed by atoms with Crippen LogP contribution >= 0.6 is 8.03 Å². The molecule has 0 fully saturated rings. The van der Waals surface area contributed by atoms with E-state index in [0.29, 0.717) is 5.30 Å². The van der Waals surface area contributed by atoms with Crippen molar-refractivity contribution in [3.8, 4) is 5.75 Å². The van der Waals surface area contributed by atoms with Crippen LogP contribution in [-0.4, -0.2) is 0 Å². The van der Waals surface area contributed by atoms with Gasteiger partial charge in [-0.25, -0.2) is 4.52 Å². The van der Waals surface area contributed by atoms with Gasteiger partial charge in [-0.05, 0) is 39.2 Å². The third-order valence-electron chi connectivity index (χ3n) is 3.73. The summed E-state index contributed by atoms with van der Waals surface area (Å²) in [6.07, 6.45) is 0. The minimum Gasteiger partial charge on any atom is -0.250 e. The Kier molecular flexibility index (Phi) is 4.96. The monoisotopic (exact) mass is 329 g/mol. The first kappa shape index (κ1) is 17.7. The summed E-state index contributed by atoms with van der Waals surface area (Å²) in [4.78, 5) is 0. The Balaban J connectivity index is 2.49. The van der Waals surface area contributed by atoms with Crippen LogP contribution in [0.5, 0.6) is 5.75 Å². The van der Waals surface area contributed by atoms with Gasteiger partial charge < -0.3 is 0 Å². The van der Waals surface area contributed by atoms with Crippen LogP contribution in [-0.2, 0) is 15.4 Å². The molecule has 0 heterocycles. The zero-order chi connectivity index (χ0) is 17.3. The maximum atomic E-state index is 12.6. The molecule has 2 nitrogen and oxygen atoms in total. The van der Waals surface area contributed by atoms with Gasteiger partial charge in [0, 0.05) is 5.56 Å². The molecular formula is C20H26O2P+. The van der Waals surface area contributed by atoms with Crippen molar-refractivity contribution in [1.29, 1.82) is 0 Å². The second-order valence-electron chi connectivity index (χ2n) is 7.86. The van der Waals surface area contributed by atoms with E-state index in [9.17, 15) is 4.57 Å². The fraction of sp³-hybridized carbons (Fsp3) is 0.400. The average Bonchev–Trinajstić information content (AvgIpc) is 2.46. The summed E-state index contributed by atoms with van der Waals surface area (Å²) in [5.74, 6) is 0.717. The second-order valence-corrected chi connectivity index (χ2v) is 9.08. The lowest BCUT2D eigenvalue weighted by Crippen LogP contribution is -2.22. The van der Waals surface area contributed by atoms with Crippen molar-refractivity contribution in [3.05, 3.63) is 59.7 Å². The van der Waals surface area contributed by atoms with E-state index in [0.717, 1.165) is 11.3 Å². The van der Waals surface area contributed by atoms with E-state index in [-0.39, 0.29) is 10.8 Å². The lowest BCUT2D eigenvalue weighted by atomic mass is 9.75. The first-order valence-electron chi connectivity index (χ1n) is 7.95. The Bertz CT molecular complexity index is 692. The molecule has 0 saturated carbocycles. The van der Waals surface area contributed by atoms with E-state index in [1.54, 1.807) is 0 Å². The van der Waals surface area contributed by atoms with Crippen molar-refractivity contribution < 1.29 is 9.09 Å². The molecule has 23 heavy (non-hydrogen) atoms. The molecule has 2 aromatic rings. The summed E-state index contributed by atoms with van der Waals surface area (Å²) in [5.41, 5.74) is 2.28. The van der Waals surface area contributed by atoms with Crippen molar-refractivity contribution in [3.63, 3.8) is 0 Å². The minimum absolute atomic E-state index is 0.000368. The molecule has 1 unspecified atom stereocenters. The highest BCUT2D eigenvalue weighted by atomic mass is 31.1. The van der Waals surface area contributed by atoms with Gasteiger partial charge in [-0.2, -0.15) is 0 Å². The first-order valence-corrected chi connectivity index (χ1v) is 9.13. The number of hydrogen-bond acceptors (Lipinski definition) is 2. The molecule has 1 atom stereocenters. The zero-order valence-electron chi connectivity index (χ0n) is 14.9. The Labute approximate surface area is 140 Å². The van der Waals surface area contributed by atoms with Crippen LogP contribution in [0.1, 0.15) is 52.7 Å². The highest BCUT2D eigenvalue weighted by Crippen LogP contribution is 2.42. The third kappa shape index (κ3) is 4.20. The largest absolute Gasteiger partial charge is 0.597 e. The maximum absolute atomic E-state index is 12.6. The van der Waals surface area contributed by atoms with Crippen molar-refractivity contribution in [1.82, 2.24) is 0 Å². The van der Waals surface area contributed by atoms with Crippen LogP contribution in [0.3, 0.4) is 0 Å². The molecule has 0 aromatic heterocycles. The third-order valence-corrected chi connectivity index (χ3v) is 4.81. The fourth-order valence-electron chi connectivity index (χ4n) is 2.70. The molecule has 0 saturated heterocycles. The molecule has 0 N–H and O–H groups in total. The van der Waals surface area contributed by atoms with E-state index in [2.05, 4.69) is 47.6 Å². The van der Waals surface area contributed by atoms with E-state index in [4.69, 9.17) is 4.52 Å². The quantitative estimate of drug-likeness (QED) is 0.672. The van der Waals surface area contributed by atoms with Crippen LogP contribution in [0.25, 0.3) is 0 Å². The van der Waals surface area contributed by atoms with Gasteiger partial charge in [-0.1, -0.05) is 71.9 Å². The topological polar surface area (TPSA) is 26.3 Å². The fourth-order valence-corrected chi connectivity index (χ4v) is 3.55. The standard InChI is InChI=1S/C20H26O2P/c1-19(2,3)16-13-10-14-17(18(16)20(4,5)6)22-23(21)15-11-8-7-9-12-15/h7-14H,1-6H3/q+1. The van der Waals surface area contributed by atoms with E-state index in [1.807, 2.05) is 42.5 Å². The molecule has 2 aromatic carbocycles. The molecule has 122 valence electrons. The van der Waals surface area contributed by atoms with Crippen molar-refractivity contribution >= 4 is 13.3 Å². The molecule has 0 amide bonds. The van der Waals surface area contributed by atoms with Crippen LogP contribution < -0.4 is 9.83 Å². The SMILES string of the molecule is CC(C)(C)c1cccc(O[P+](=O)c2ccccc2)c1C(C)(C)C. The summed E-state index contributed by atoms with van der Waals surface area (Å²) in [6.45, 7) is 13.1. The molecule has 0 aliphatic carbocycles. The minimum atomic E-state index is -1.91. The summed E-state index contributed by atoms with van der Waals surface area (Å²) < 4.78 is 18.5. The second kappa shape index (κ2) is 6.45. The molecular weight excluding hydrogens is 303 g/mol. The highest BCUT2D eigenvalue weighted by molar-refractivity contribution is 7.48. The van der Waals surface area contributed by atoms with Crippen LogP contribution in [0, 0.1) is 0 Å². The van der Waals surface area contributed by atoms with E-state index in [1.165, 1.54) is 5.56 Å². The summed E-state index contributed by atoms with van der Waals surface area (Å²) in [5, 5.41) is 0.712. The Morgan fingerprint density at radius 1 is 0.783 bits per heavy atom. The zero-order valence-corrected chi connectivity index (χ0v) is 15.8. The predicted octanol–water partition coefficient (Wildman–Crippen LogP) is 5.73. The van der Waals surface area contributed by atoms with Crippen LogP contribution in [0.15, 0.2) is 48.5 Å². The lowest BCUT2D eigenvalue weighted by Gasteiger charge is -2.30. The van der Waals surface area contributed by atoms with Crippen LogP contribution in [0.4, 0.5) is 0 Å². The highest BCUT2D eigenvalue weighted by Gasteiger charge is 2.32. The molecule has 0 spiro atoms. The van der Waals surface area contributed by atoms with Gasteiger partial charge in [0.25, 0.3) is 0 Å². The smallest absolute Gasteiger partial charge is 0.250 e. The molecule has 3 heteroatoms. The van der Waals surface area contributed by atoms with E-state index < -0.39 is 8.03 Å². The van der Waals surface area contributed by atoms with Crippen molar-refractivity contribution in [2.24, 2.45) is 0 Å². The van der Waals surface area contributed by atoms with Gasteiger partial charge in [0.2, 0.25) is 5.30 Å². The van der Waals surface area contributed by atoms with Crippen molar-refractivity contribution in [2.75, 3.05) is 0 Å². The predicted molar refractivity (Wildman–Crippen MR) is 98.2 cm³/mol. The molecule has 0 radical (unpaired) electrons. The lowest BCUT2D eigenvalue weighted by molar-refractivity contribution is 0.479. The Hall–Kier alpha value is -1.66. The maximum Gasteiger partial charge on any atom is 0.597 e. The molecule has 0 aliphatic heterocycles. The van der Waals surface area contributed by atoms with Gasteiger partial charge in [0.15, 0.2) is 5.75 Å². The molecule has 2 rings (SSSR count). The Morgan fingerprint density at radius 3 is 1.91 bits per heavy atom. The Morgan fingerprint density at radius 2 is 1.39 bits per heavy atom. The van der Waals surface area contributed by atoms with Gasteiger partial charge in [-0.15, -0.1) is 0 Å². The normalized spacial score (nSPS) is 12.9. The molecule has 0 aliphatic rings. The van der Waals surface area contributed by atoms with Gasteiger partial charge in [0.05, 0.1) is 0 Å². The first-order chi connectivity index (χ1) is 10.6. The number of rotatable bonds is 3. The van der Waals surface area contributed by atoms with Gasteiger partial charge in [0.1, 0.15) is 0 Å². The van der Waals surface area contributed by atoms with E-state index >= 15 is 0 Å². The average molecular weight is 329 g/mol. The summed E-state index contributed by atoms with van der Waals surface area (Å²) in [7, 11) is -1.91. The van der Waals surface area contributed by atoms with Gasteiger partial charge >= 0.3 is 8.03 Å². The van der Waals surface area contributed by atoms with Crippen LogP contribution in [0.2, 0.25) is 0 Å². The number of benzene rings is 2. The van der Waals surface area contributed by atoms with Gasteiger partial charge in [-0.3, -0.25) is 0 Å². The summed E-state index contributed by atoms with van der Waals surface area (Å²) in [6, 6.07) is 15.4.